The number of alkyl halides is 6. The molecule has 0 aromatic heterocycles. The molecule has 3 rings (SSSR count). The molecule has 0 aliphatic rings. The molecule has 0 saturated carbocycles. The van der Waals surface area contributed by atoms with Gasteiger partial charge >= 0.3 is 18.3 Å². The first-order chi connectivity index (χ1) is 16.3. The van der Waals surface area contributed by atoms with Gasteiger partial charge in [0.25, 0.3) is 0 Å². The third-order valence-corrected chi connectivity index (χ3v) is 5.33. The smallest absolute Gasteiger partial charge is 0.419 e. The highest BCUT2D eigenvalue weighted by Crippen LogP contribution is 2.45. The van der Waals surface area contributed by atoms with Crippen LogP contribution >= 0.6 is 0 Å². The molecule has 0 radical (unpaired) electrons. The van der Waals surface area contributed by atoms with Crippen LogP contribution in [0.3, 0.4) is 0 Å². The predicted molar refractivity (Wildman–Crippen MR) is 118 cm³/mol. The van der Waals surface area contributed by atoms with Crippen molar-refractivity contribution >= 4 is 5.97 Å². The zero-order chi connectivity index (χ0) is 26.0. The second kappa shape index (κ2) is 10.0. The zero-order valence-corrected chi connectivity index (χ0v) is 18.7. The van der Waals surface area contributed by atoms with E-state index in [1.165, 1.54) is 0 Å². The molecule has 1 atom stereocenters. The van der Waals surface area contributed by atoms with Gasteiger partial charge in [-0.2, -0.15) is 26.3 Å². The average Bonchev–Trinajstić information content (AvgIpc) is 2.76. The maximum Gasteiger partial charge on any atom is 0.419 e. The third kappa shape index (κ3) is 6.35. The molecule has 3 aromatic rings. The summed E-state index contributed by atoms with van der Waals surface area (Å²) in [6, 6.07) is 13.4. The van der Waals surface area contributed by atoms with Crippen molar-refractivity contribution in [1.29, 1.82) is 0 Å². The molecule has 3 nitrogen and oxygen atoms in total. The minimum absolute atomic E-state index is 0.0236. The highest BCUT2D eigenvalue weighted by molar-refractivity contribution is 5.82. The minimum atomic E-state index is -4.91. The number of hydrogen-bond acceptors (Lipinski definition) is 2. The number of ether oxygens (including phenoxy) is 1. The Balaban J connectivity index is 2.21. The van der Waals surface area contributed by atoms with Crippen LogP contribution in [0, 0.1) is 5.92 Å². The van der Waals surface area contributed by atoms with E-state index in [0.717, 1.165) is 24.3 Å². The summed E-state index contributed by atoms with van der Waals surface area (Å²) < 4.78 is 86.1. The van der Waals surface area contributed by atoms with Crippen LogP contribution in [0.25, 0.3) is 11.1 Å². The predicted octanol–water partition coefficient (Wildman–Crippen LogP) is 8.40. The topological polar surface area (TPSA) is 46.5 Å². The van der Waals surface area contributed by atoms with Crippen molar-refractivity contribution < 1.29 is 41.0 Å². The van der Waals surface area contributed by atoms with Crippen LogP contribution in [-0.2, 0) is 17.1 Å². The van der Waals surface area contributed by atoms with E-state index in [1.807, 2.05) is 0 Å². The van der Waals surface area contributed by atoms with Gasteiger partial charge in [0.1, 0.15) is 11.5 Å². The van der Waals surface area contributed by atoms with Gasteiger partial charge in [-0.3, -0.25) is 4.79 Å². The Bertz CT molecular complexity index is 1170. The average molecular weight is 496 g/mol. The summed E-state index contributed by atoms with van der Waals surface area (Å²) >= 11 is 0. The fourth-order valence-corrected chi connectivity index (χ4v) is 3.73. The highest BCUT2D eigenvalue weighted by Gasteiger charge is 2.38. The van der Waals surface area contributed by atoms with E-state index in [-0.39, 0.29) is 29.2 Å². The molecule has 35 heavy (non-hydrogen) atoms. The Morgan fingerprint density at radius 2 is 1.49 bits per heavy atom. The van der Waals surface area contributed by atoms with Crippen LogP contribution in [0.2, 0.25) is 0 Å². The van der Waals surface area contributed by atoms with Gasteiger partial charge in [0.05, 0.1) is 17.0 Å². The van der Waals surface area contributed by atoms with Crippen LogP contribution in [0.15, 0.2) is 66.7 Å². The van der Waals surface area contributed by atoms with Gasteiger partial charge in [0.15, 0.2) is 0 Å². The molecule has 0 amide bonds. The number of halogens is 6. The van der Waals surface area contributed by atoms with Crippen molar-refractivity contribution in [1.82, 2.24) is 0 Å². The summed E-state index contributed by atoms with van der Waals surface area (Å²) in [5.74, 6) is -3.47. The van der Waals surface area contributed by atoms with Crippen LogP contribution in [0.1, 0.15) is 42.9 Å². The molecule has 9 heteroatoms. The quantitative estimate of drug-likeness (QED) is 0.334. The van der Waals surface area contributed by atoms with Crippen LogP contribution in [0.4, 0.5) is 26.3 Å². The molecule has 1 N–H and O–H groups in total. The van der Waals surface area contributed by atoms with Crippen molar-refractivity contribution in [3.05, 3.63) is 83.4 Å². The molecular weight excluding hydrogens is 474 g/mol. The molecule has 0 aliphatic carbocycles. The largest absolute Gasteiger partial charge is 0.481 e. The number of rotatable bonds is 7. The van der Waals surface area contributed by atoms with E-state index in [1.54, 1.807) is 44.2 Å². The Kier molecular flexibility index (Phi) is 7.47. The summed E-state index contributed by atoms with van der Waals surface area (Å²) in [7, 11) is 0. The lowest BCUT2D eigenvalue weighted by Crippen LogP contribution is -2.17. The standard InChI is InChI=1S/C26H22F6O3/c1-15(2)12-21(24(33)34)20-13-22(26(30,31)32)23(14-19(20)16-6-4-3-5-7-16)35-18-10-8-17(9-11-18)25(27,28)29/h3-11,13-15,21H,12H2,1-2H3,(H,33,34). The van der Waals surface area contributed by atoms with E-state index in [0.29, 0.717) is 17.7 Å². The van der Waals surface area contributed by atoms with Gasteiger partial charge in [0.2, 0.25) is 0 Å². The number of hydrogen-bond donors (Lipinski definition) is 1. The number of carboxylic acids is 1. The fourth-order valence-electron chi connectivity index (χ4n) is 3.73. The summed E-state index contributed by atoms with van der Waals surface area (Å²) in [5.41, 5.74) is -1.51. The molecule has 1 unspecified atom stereocenters. The summed E-state index contributed by atoms with van der Waals surface area (Å²) in [6.07, 6.45) is -9.42. The van der Waals surface area contributed by atoms with E-state index in [9.17, 15) is 36.2 Å². The molecule has 3 aromatic carbocycles. The fraction of sp³-hybridized carbons (Fsp3) is 0.269. The molecule has 0 bridgehead atoms. The minimum Gasteiger partial charge on any atom is -0.481 e. The second-order valence-corrected chi connectivity index (χ2v) is 8.44. The highest BCUT2D eigenvalue weighted by atomic mass is 19.4. The SMILES string of the molecule is CC(C)CC(C(=O)O)c1cc(C(F)(F)F)c(Oc2ccc(C(F)(F)F)cc2)cc1-c1ccccc1. The van der Waals surface area contributed by atoms with Crippen molar-refractivity contribution in [2.75, 3.05) is 0 Å². The van der Waals surface area contributed by atoms with Crippen molar-refractivity contribution in [3.63, 3.8) is 0 Å². The van der Waals surface area contributed by atoms with Crippen molar-refractivity contribution in [2.45, 2.75) is 38.5 Å². The summed E-state index contributed by atoms with van der Waals surface area (Å²) in [4.78, 5) is 12.1. The number of benzene rings is 3. The Labute approximate surface area is 198 Å². The van der Waals surface area contributed by atoms with Crippen LogP contribution in [-0.4, -0.2) is 11.1 Å². The van der Waals surface area contributed by atoms with Gasteiger partial charge in [-0.25, -0.2) is 0 Å². The first-order valence-corrected chi connectivity index (χ1v) is 10.7. The van der Waals surface area contributed by atoms with E-state index in [4.69, 9.17) is 4.74 Å². The first-order valence-electron chi connectivity index (χ1n) is 10.7. The van der Waals surface area contributed by atoms with Crippen molar-refractivity contribution in [3.8, 4) is 22.6 Å². The van der Waals surface area contributed by atoms with Gasteiger partial charge in [-0.15, -0.1) is 0 Å². The molecule has 0 fully saturated rings. The number of carboxylic acid groups (broad SMARTS) is 1. The van der Waals surface area contributed by atoms with E-state index >= 15 is 0 Å². The maximum atomic E-state index is 14.0. The number of aliphatic carboxylic acids is 1. The zero-order valence-electron chi connectivity index (χ0n) is 18.7. The second-order valence-electron chi connectivity index (χ2n) is 8.44. The lowest BCUT2D eigenvalue weighted by atomic mass is 9.84. The lowest BCUT2D eigenvalue weighted by molar-refractivity contribution is -0.141. The molecule has 0 aliphatic heterocycles. The monoisotopic (exact) mass is 496 g/mol. The Morgan fingerprint density at radius 1 is 0.886 bits per heavy atom. The normalized spacial score (nSPS) is 13.1. The van der Waals surface area contributed by atoms with Gasteiger partial charge < -0.3 is 9.84 Å². The maximum absolute atomic E-state index is 14.0. The molecule has 0 saturated heterocycles. The molecule has 0 heterocycles. The summed E-state index contributed by atoms with van der Waals surface area (Å²) in [5, 5.41) is 9.83. The van der Waals surface area contributed by atoms with Crippen LogP contribution < -0.4 is 4.74 Å². The molecule has 0 spiro atoms. The number of carbonyl (C=O) groups is 1. The molecular formula is C26H22F6O3. The lowest BCUT2D eigenvalue weighted by Gasteiger charge is -2.23. The Hall–Kier alpha value is -3.49. The van der Waals surface area contributed by atoms with E-state index in [2.05, 4.69) is 0 Å². The first kappa shape index (κ1) is 26.1. The van der Waals surface area contributed by atoms with Crippen molar-refractivity contribution in [2.24, 2.45) is 5.92 Å². The summed E-state index contributed by atoms with van der Waals surface area (Å²) in [6.45, 7) is 3.54. The molecule has 186 valence electrons. The Morgan fingerprint density at radius 3 is 1.97 bits per heavy atom. The van der Waals surface area contributed by atoms with Gasteiger partial charge in [0, 0.05) is 0 Å². The van der Waals surface area contributed by atoms with Gasteiger partial charge in [-0.05, 0) is 65.4 Å². The van der Waals surface area contributed by atoms with Gasteiger partial charge in [-0.1, -0.05) is 44.2 Å². The van der Waals surface area contributed by atoms with Crippen LogP contribution in [0.5, 0.6) is 11.5 Å². The third-order valence-electron chi connectivity index (χ3n) is 5.33. The van der Waals surface area contributed by atoms with E-state index < -0.39 is 41.1 Å².